The molecule has 74 valence electrons. The van der Waals surface area contributed by atoms with Crippen molar-refractivity contribution in [3.8, 4) is 0 Å². The Hall–Kier alpha value is -1.10. The third kappa shape index (κ3) is 2.69. The third-order valence-electron chi connectivity index (χ3n) is 1.97. The van der Waals surface area contributed by atoms with Gasteiger partial charge in [0, 0.05) is 13.7 Å². The third-order valence-corrected chi connectivity index (χ3v) is 1.97. The number of carbonyl (C=O) groups excluding carboxylic acids is 2. The van der Waals surface area contributed by atoms with Crippen LogP contribution in [0.3, 0.4) is 0 Å². The molecule has 0 aromatic carbocycles. The highest BCUT2D eigenvalue weighted by atomic mass is 16.5. The molecule has 0 bridgehead atoms. The van der Waals surface area contributed by atoms with Gasteiger partial charge in [-0.2, -0.15) is 0 Å². The van der Waals surface area contributed by atoms with Crippen LogP contribution in [0.2, 0.25) is 0 Å². The first kappa shape index (κ1) is 9.98. The van der Waals surface area contributed by atoms with Gasteiger partial charge < -0.3 is 15.4 Å². The molecule has 1 aliphatic rings. The van der Waals surface area contributed by atoms with Crippen molar-refractivity contribution in [2.75, 3.05) is 20.2 Å². The van der Waals surface area contributed by atoms with Crippen LogP contribution in [0.15, 0.2) is 0 Å². The molecule has 1 rings (SSSR count). The van der Waals surface area contributed by atoms with Crippen molar-refractivity contribution < 1.29 is 14.3 Å². The van der Waals surface area contributed by atoms with E-state index in [1.54, 1.807) is 7.05 Å². The SMILES string of the molecule is CN(CC(N)=O)C(=O)C1CCCO1. The molecule has 1 heterocycles. The summed E-state index contributed by atoms with van der Waals surface area (Å²) in [4.78, 5) is 23.3. The lowest BCUT2D eigenvalue weighted by Crippen LogP contribution is -2.40. The van der Waals surface area contributed by atoms with Crippen LogP contribution < -0.4 is 5.73 Å². The van der Waals surface area contributed by atoms with Crippen LogP contribution in [0.5, 0.6) is 0 Å². The molecule has 0 spiro atoms. The van der Waals surface area contributed by atoms with E-state index in [9.17, 15) is 9.59 Å². The molecule has 2 amide bonds. The highest BCUT2D eigenvalue weighted by molar-refractivity contribution is 5.86. The molecule has 1 fully saturated rings. The average molecular weight is 186 g/mol. The lowest BCUT2D eigenvalue weighted by molar-refractivity contribution is -0.141. The lowest BCUT2D eigenvalue weighted by atomic mass is 10.2. The number of primary amides is 1. The van der Waals surface area contributed by atoms with Crippen molar-refractivity contribution in [3.05, 3.63) is 0 Å². The zero-order chi connectivity index (χ0) is 9.84. The second-order valence-corrected chi connectivity index (χ2v) is 3.16. The molecular formula is C8H14N2O3. The Morgan fingerprint density at radius 3 is 2.77 bits per heavy atom. The van der Waals surface area contributed by atoms with Crippen LogP contribution in [0.25, 0.3) is 0 Å². The van der Waals surface area contributed by atoms with Crippen LogP contribution in [-0.4, -0.2) is 43.0 Å². The minimum Gasteiger partial charge on any atom is -0.368 e. The predicted octanol–water partition coefficient (Wildman–Crippen LogP) is -0.891. The minimum absolute atomic E-state index is 0.0430. The molecule has 0 aliphatic carbocycles. The highest BCUT2D eigenvalue weighted by Gasteiger charge is 2.26. The van der Waals surface area contributed by atoms with Gasteiger partial charge in [0.1, 0.15) is 6.10 Å². The van der Waals surface area contributed by atoms with E-state index < -0.39 is 5.91 Å². The van der Waals surface area contributed by atoms with Gasteiger partial charge in [0.25, 0.3) is 5.91 Å². The van der Waals surface area contributed by atoms with E-state index in [-0.39, 0.29) is 18.6 Å². The maximum absolute atomic E-state index is 11.5. The molecule has 1 atom stereocenters. The van der Waals surface area contributed by atoms with E-state index in [4.69, 9.17) is 10.5 Å². The molecule has 1 saturated heterocycles. The summed E-state index contributed by atoms with van der Waals surface area (Å²) in [6.07, 6.45) is 1.27. The average Bonchev–Trinajstić information content (AvgIpc) is 2.53. The Labute approximate surface area is 76.8 Å². The summed E-state index contributed by atoms with van der Waals surface area (Å²) in [6, 6.07) is 0. The van der Waals surface area contributed by atoms with Crippen molar-refractivity contribution in [1.29, 1.82) is 0 Å². The Bertz CT molecular complexity index is 211. The van der Waals surface area contributed by atoms with Crippen LogP contribution in [0, 0.1) is 0 Å². The number of likely N-dealkylation sites (N-methyl/N-ethyl adjacent to an activating group) is 1. The summed E-state index contributed by atoms with van der Waals surface area (Å²) < 4.78 is 5.17. The van der Waals surface area contributed by atoms with Crippen LogP contribution in [-0.2, 0) is 14.3 Å². The molecule has 0 saturated carbocycles. The van der Waals surface area contributed by atoms with E-state index in [2.05, 4.69) is 0 Å². The number of amides is 2. The zero-order valence-corrected chi connectivity index (χ0v) is 7.66. The van der Waals surface area contributed by atoms with Gasteiger partial charge in [0.05, 0.1) is 6.54 Å². The number of nitrogens with two attached hydrogens (primary N) is 1. The van der Waals surface area contributed by atoms with E-state index in [0.717, 1.165) is 12.8 Å². The van der Waals surface area contributed by atoms with Gasteiger partial charge >= 0.3 is 0 Å². The number of ether oxygens (including phenoxy) is 1. The number of nitrogens with zero attached hydrogens (tertiary/aromatic N) is 1. The molecule has 0 radical (unpaired) electrons. The van der Waals surface area contributed by atoms with Crippen LogP contribution >= 0.6 is 0 Å². The Morgan fingerprint density at radius 1 is 1.62 bits per heavy atom. The fourth-order valence-electron chi connectivity index (χ4n) is 1.33. The first-order valence-electron chi connectivity index (χ1n) is 4.26. The van der Waals surface area contributed by atoms with E-state index in [1.807, 2.05) is 0 Å². The molecule has 0 aromatic heterocycles. The molecule has 5 heteroatoms. The summed E-state index contributed by atoms with van der Waals surface area (Å²) in [6.45, 7) is 0.583. The quantitative estimate of drug-likeness (QED) is 0.621. The van der Waals surface area contributed by atoms with Crippen molar-refractivity contribution in [3.63, 3.8) is 0 Å². The second kappa shape index (κ2) is 4.23. The Kier molecular flexibility index (Phi) is 3.25. The van der Waals surface area contributed by atoms with E-state index in [0.29, 0.717) is 6.61 Å². The van der Waals surface area contributed by atoms with Crippen molar-refractivity contribution in [1.82, 2.24) is 4.90 Å². The maximum atomic E-state index is 11.5. The number of hydrogen-bond donors (Lipinski definition) is 1. The van der Waals surface area contributed by atoms with Gasteiger partial charge in [-0.05, 0) is 12.8 Å². The second-order valence-electron chi connectivity index (χ2n) is 3.16. The number of rotatable bonds is 3. The molecule has 1 unspecified atom stereocenters. The van der Waals surface area contributed by atoms with Gasteiger partial charge in [-0.15, -0.1) is 0 Å². The van der Waals surface area contributed by atoms with Crippen LogP contribution in [0.1, 0.15) is 12.8 Å². The van der Waals surface area contributed by atoms with E-state index in [1.165, 1.54) is 4.90 Å². The molecule has 0 aromatic rings. The van der Waals surface area contributed by atoms with Crippen LogP contribution in [0.4, 0.5) is 0 Å². The van der Waals surface area contributed by atoms with Gasteiger partial charge in [-0.3, -0.25) is 9.59 Å². The monoisotopic (exact) mass is 186 g/mol. The van der Waals surface area contributed by atoms with Crippen molar-refractivity contribution in [2.45, 2.75) is 18.9 Å². The lowest BCUT2D eigenvalue weighted by Gasteiger charge is -2.18. The normalized spacial score (nSPS) is 21.5. The number of hydrogen-bond acceptors (Lipinski definition) is 3. The summed E-state index contributed by atoms with van der Waals surface area (Å²) >= 11 is 0. The van der Waals surface area contributed by atoms with Crippen molar-refractivity contribution >= 4 is 11.8 Å². The smallest absolute Gasteiger partial charge is 0.251 e. The number of carbonyl (C=O) groups is 2. The summed E-state index contributed by atoms with van der Waals surface area (Å²) in [5.41, 5.74) is 4.96. The van der Waals surface area contributed by atoms with E-state index >= 15 is 0 Å². The highest BCUT2D eigenvalue weighted by Crippen LogP contribution is 2.13. The summed E-state index contributed by atoms with van der Waals surface area (Å²) in [5.74, 6) is -0.662. The van der Waals surface area contributed by atoms with Gasteiger partial charge in [0.2, 0.25) is 5.91 Å². The molecular weight excluding hydrogens is 172 g/mol. The predicted molar refractivity (Wildman–Crippen MR) is 45.8 cm³/mol. The van der Waals surface area contributed by atoms with Gasteiger partial charge in [-0.1, -0.05) is 0 Å². The Morgan fingerprint density at radius 2 is 2.31 bits per heavy atom. The Balaban J connectivity index is 2.41. The fourth-order valence-corrected chi connectivity index (χ4v) is 1.33. The fraction of sp³-hybridized carbons (Fsp3) is 0.750. The molecule has 5 nitrogen and oxygen atoms in total. The van der Waals surface area contributed by atoms with Gasteiger partial charge in [0.15, 0.2) is 0 Å². The summed E-state index contributed by atoms with van der Waals surface area (Å²) in [7, 11) is 1.55. The molecule has 2 N–H and O–H groups in total. The first-order valence-corrected chi connectivity index (χ1v) is 4.26. The topological polar surface area (TPSA) is 72.6 Å². The summed E-state index contributed by atoms with van der Waals surface area (Å²) in [5, 5.41) is 0. The maximum Gasteiger partial charge on any atom is 0.251 e. The first-order chi connectivity index (χ1) is 6.11. The van der Waals surface area contributed by atoms with Gasteiger partial charge in [-0.25, -0.2) is 0 Å². The van der Waals surface area contributed by atoms with Crippen molar-refractivity contribution in [2.24, 2.45) is 5.73 Å². The molecule has 1 aliphatic heterocycles. The zero-order valence-electron chi connectivity index (χ0n) is 7.66. The standard InChI is InChI=1S/C8H14N2O3/c1-10(5-7(9)11)8(12)6-3-2-4-13-6/h6H,2-5H2,1H3,(H2,9,11). The minimum atomic E-state index is -0.506. The largest absolute Gasteiger partial charge is 0.368 e. The molecule has 13 heavy (non-hydrogen) atoms.